The van der Waals surface area contributed by atoms with E-state index in [-0.39, 0.29) is 18.9 Å². The topological polar surface area (TPSA) is 126 Å². The van der Waals surface area contributed by atoms with Crippen LogP contribution in [0.2, 0.25) is 0 Å². The fourth-order valence-corrected chi connectivity index (χ4v) is 2.71. The molecule has 1 aliphatic rings. The van der Waals surface area contributed by atoms with Gasteiger partial charge in [0.25, 0.3) is 14.4 Å². The van der Waals surface area contributed by atoms with Crippen molar-refractivity contribution in [1.29, 1.82) is 0 Å². The van der Waals surface area contributed by atoms with Gasteiger partial charge in [0.15, 0.2) is 0 Å². The zero-order chi connectivity index (χ0) is 19.0. The van der Waals surface area contributed by atoms with Crippen LogP contribution >= 0.6 is 8.53 Å². The van der Waals surface area contributed by atoms with Gasteiger partial charge < -0.3 is 24.7 Å². The molecule has 4 atom stereocenters. The van der Waals surface area contributed by atoms with Gasteiger partial charge in [-0.25, -0.2) is 13.9 Å². The van der Waals surface area contributed by atoms with E-state index in [0.29, 0.717) is 11.2 Å². The van der Waals surface area contributed by atoms with Gasteiger partial charge in [0.1, 0.15) is 12.1 Å². The summed E-state index contributed by atoms with van der Waals surface area (Å²) in [4.78, 5) is 35.4. The Kier molecular flexibility index (Phi) is 8.46. The third kappa shape index (κ3) is 6.71. The van der Waals surface area contributed by atoms with E-state index >= 15 is 0 Å². The number of nitrogens with two attached hydrogens (primary N) is 1. The average molecular weight is 382 g/mol. The van der Waals surface area contributed by atoms with Crippen LogP contribution in [0.4, 0.5) is 8.78 Å². The number of nitrogens with one attached hydrogen (secondary N) is 1. The number of nitrogens with zero attached hydrogens (tertiary/aromatic N) is 2. The van der Waals surface area contributed by atoms with E-state index in [2.05, 4.69) is 10.1 Å². The highest BCUT2D eigenvalue weighted by Crippen LogP contribution is 2.39. The molecule has 1 heterocycles. The summed E-state index contributed by atoms with van der Waals surface area (Å²) in [5.74, 6) is -3.27. The second-order valence-electron chi connectivity index (χ2n) is 5.22. The van der Waals surface area contributed by atoms with Crippen molar-refractivity contribution in [2.75, 3.05) is 13.7 Å². The molecule has 0 radical (unpaired) electrons. The predicted octanol–water partition coefficient (Wildman–Crippen LogP) is 0.109. The highest BCUT2D eigenvalue weighted by atomic mass is 31.2. The van der Waals surface area contributed by atoms with Crippen molar-refractivity contribution in [3.63, 3.8) is 0 Å². The lowest BCUT2D eigenvalue weighted by Crippen LogP contribution is -2.41. The summed E-state index contributed by atoms with van der Waals surface area (Å²) in [5.41, 5.74) is 5.42. The van der Waals surface area contributed by atoms with Gasteiger partial charge in [-0.05, 0) is 13.0 Å². The number of carbonyl (C=O) groups excluding carboxylic acids is 2. The van der Waals surface area contributed by atoms with Crippen LogP contribution in [0.15, 0.2) is 17.3 Å². The molecule has 9 nitrogen and oxygen atoms in total. The number of hydrogen-bond donors (Lipinski definition) is 3. The number of alkyl halides is 2. The molecular formula is C13H21F2N4O5P. The Balaban J connectivity index is 2.65. The Bertz CT molecular complexity index is 523. The van der Waals surface area contributed by atoms with E-state index in [9.17, 15) is 23.3 Å². The first-order valence-corrected chi connectivity index (χ1v) is 8.44. The Morgan fingerprint density at radius 1 is 1.64 bits per heavy atom. The molecule has 1 saturated heterocycles. The minimum Gasteiger partial charge on any atom is -0.384 e. The third-order valence-electron chi connectivity index (χ3n) is 3.15. The molecule has 0 bridgehead atoms. The Morgan fingerprint density at radius 2 is 2.32 bits per heavy atom. The first-order valence-electron chi connectivity index (χ1n) is 7.23. The van der Waals surface area contributed by atoms with Crippen molar-refractivity contribution in [2.24, 2.45) is 10.7 Å². The number of halogens is 2. The van der Waals surface area contributed by atoms with Crippen LogP contribution in [-0.2, 0) is 18.8 Å². The molecular weight excluding hydrogens is 361 g/mol. The molecule has 0 aromatic rings. The molecule has 0 aromatic carbocycles. The number of hydrogen-bond acceptors (Lipinski definition) is 7. The molecule has 0 aliphatic carbocycles. The normalized spacial score (nSPS) is 25.7. The van der Waals surface area contributed by atoms with Crippen LogP contribution in [-0.4, -0.2) is 66.3 Å². The lowest BCUT2D eigenvalue weighted by molar-refractivity contribution is -0.154. The summed E-state index contributed by atoms with van der Waals surface area (Å²) in [6.45, 7) is 1.17. The van der Waals surface area contributed by atoms with Crippen LogP contribution in [0.25, 0.3) is 0 Å². The fraction of sp³-hybridized carbons (Fsp3) is 0.615. The molecule has 0 aromatic heterocycles. The summed E-state index contributed by atoms with van der Waals surface area (Å²) in [6.07, 6.45) is -0.582. The SMILES string of the molecule is CN=C(N)/C=C\N(C=O)C1OC(COP(O)NC(C)C=O)CC1(F)F. The van der Waals surface area contributed by atoms with Gasteiger partial charge in [-0.3, -0.25) is 14.7 Å². The lowest BCUT2D eigenvalue weighted by Gasteiger charge is -2.25. The molecule has 1 fully saturated rings. The van der Waals surface area contributed by atoms with Crippen molar-refractivity contribution < 1.29 is 32.5 Å². The van der Waals surface area contributed by atoms with Crippen molar-refractivity contribution in [1.82, 2.24) is 9.99 Å². The van der Waals surface area contributed by atoms with Crippen LogP contribution in [0.5, 0.6) is 0 Å². The lowest BCUT2D eigenvalue weighted by atomic mass is 10.2. The van der Waals surface area contributed by atoms with E-state index in [1.54, 1.807) is 0 Å². The van der Waals surface area contributed by atoms with Crippen LogP contribution < -0.4 is 10.8 Å². The second kappa shape index (κ2) is 9.83. The average Bonchev–Trinajstić information content (AvgIpc) is 2.88. The number of rotatable bonds is 10. The first kappa shape index (κ1) is 21.5. The molecule has 0 saturated carbocycles. The van der Waals surface area contributed by atoms with Gasteiger partial charge in [-0.2, -0.15) is 0 Å². The molecule has 1 amide bonds. The Morgan fingerprint density at radius 3 is 2.88 bits per heavy atom. The maximum Gasteiger partial charge on any atom is 0.294 e. The number of aldehydes is 1. The zero-order valence-electron chi connectivity index (χ0n) is 13.7. The minimum absolute atomic E-state index is 0.0503. The summed E-state index contributed by atoms with van der Waals surface area (Å²) in [7, 11) is -0.751. The summed E-state index contributed by atoms with van der Waals surface area (Å²) >= 11 is 0. The van der Waals surface area contributed by atoms with Gasteiger partial charge in [0, 0.05) is 19.7 Å². The quantitative estimate of drug-likeness (QED) is 0.212. The second-order valence-corrected chi connectivity index (χ2v) is 6.28. The van der Waals surface area contributed by atoms with E-state index < -0.39 is 39.2 Å². The minimum atomic E-state index is -3.32. The van der Waals surface area contributed by atoms with Crippen LogP contribution in [0, 0.1) is 0 Å². The Labute approximate surface area is 144 Å². The summed E-state index contributed by atoms with van der Waals surface area (Å²) in [5, 5.41) is 2.44. The molecule has 1 aliphatic heterocycles. The number of aliphatic imine (C=N–C) groups is 1. The van der Waals surface area contributed by atoms with Gasteiger partial charge in [0.05, 0.1) is 18.8 Å². The van der Waals surface area contributed by atoms with Crippen molar-refractivity contribution in [3.05, 3.63) is 12.3 Å². The van der Waals surface area contributed by atoms with Gasteiger partial charge in [-0.15, -0.1) is 0 Å². The van der Waals surface area contributed by atoms with E-state index in [1.807, 2.05) is 0 Å². The van der Waals surface area contributed by atoms with E-state index in [1.165, 1.54) is 20.0 Å². The van der Waals surface area contributed by atoms with Gasteiger partial charge in [0.2, 0.25) is 12.6 Å². The van der Waals surface area contributed by atoms with Gasteiger partial charge in [-0.1, -0.05) is 0 Å². The molecule has 4 N–H and O–H groups in total. The fourth-order valence-electron chi connectivity index (χ4n) is 1.92. The maximum atomic E-state index is 14.1. The zero-order valence-corrected chi connectivity index (χ0v) is 14.6. The number of amidine groups is 1. The molecule has 12 heteroatoms. The van der Waals surface area contributed by atoms with Crippen molar-refractivity contribution in [3.8, 4) is 0 Å². The number of ether oxygens (including phenoxy) is 1. The van der Waals surface area contributed by atoms with Gasteiger partial charge >= 0.3 is 0 Å². The monoisotopic (exact) mass is 382 g/mol. The van der Waals surface area contributed by atoms with E-state index in [4.69, 9.17) is 15.0 Å². The van der Waals surface area contributed by atoms with E-state index in [0.717, 1.165) is 6.20 Å². The predicted molar refractivity (Wildman–Crippen MR) is 86.6 cm³/mol. The van der Waals surface area contributed by atoms with Crippen LogP contribution in [0.3, 0.4) is 0 Å². The smallest absolute Gasteiger partial charge is 0.294 e. The standard InChI is InChI=1S/C13H21F2N4O5P/c1-9(6-20)18-25(22)23-7-10-5-13(14,15)12(24-10)19(8-21)4-3-11(16)17-2/h3-4,6,8-10,12,18,22H,5,7H2,1-2H3,(H2,16,17)/b4-3-. The molecule has 1 rings (SSSR count). The molecule has 0 spiro atoms. The molecule has 25 heavy (non-hydrogen) atoms. The molecule has 142 valence electrons. The molecule has 4 unspecified atom stereocenters. The summed E-state index contributed by atoms with van der Waals surface area (Å²) < 4.78 is 38.4. The maximum absolute atomic E-state index is 14.1. The van der Waals surface area contributed by atoms with Crippen molar-refractivity contribution in [2.45, 2.75) is 37.6 Å². The number of amides is 1. The van der Waals surface area contributed by atoms with Crippen molar-refractivity contribution >= 4 is 27.1 Å². The summed E-state index contributed by atoms with van der Waals surface area (Å²) in [6, 6.07) is -0.642. The van der Waals surface area contributed by atoms with Crippen LogP contribution in [0.1, 0.15) is 13.3 Å². The number of carbonyl (C=O) groups is 2. The highest BCUT2D eigenvalue weighted by molar-refractivity contribution is 7.43. The first-order chi connectivity index (χ1) is 11.7. The third-order valence-corrected chi connectivity index (χ3v) is 4.17. The Hall–Kier alpha value is -1.52. The largest absolute Gasteiger partial charge is 0.384 e. The highest BCUT2D eigenvalue weighted by Gasteiger charge is 2.52.